The molecule has 0 aliphatic heterocycles. The Morgan fingerprint density at radius 1 is 1.35 bits per heavy atom. The van der Waals surface area contributed by atoms with Gasteiger partial charge in [0, 0.05) is 10.9 Å². The molecular weight excluding hydrogens is 254 g/mol. The number of halogens is 1. The largest absolute Gasteiger partial charge is 0.497 e. The lowest BCUT2D eigenvalue weighted by Crippen LogP contribution is -2.11. The lowest BCUT2D eigenvalue weighted by Gasteiger charge is -2.10. The number of ether oxygens (including phenoxy) is 1. The van der Waals surface area contributed by atoms with Crippen LogP contribution in [0.5, 0.6) is 5.75 Å². The highest BCUT2D eigenvalue weighted by molar-refractivity contribution is 7.16. The van der Waals surface area contributed by atoms with Gasteiger partial charge < -0.3 is 10.5 Å². The lowest BCUT2D eigenvalue weighted by molar-refractivity contribution is 0.414. The van der Waals surface area contributed by atoms with Gasteiger partial charge in [0.05, 0.1) is 11.4 Å². The van der Waals surface area contributed by atoms with E-state index in [0.29, 0.717) is 0 Å². The first-order valence-electron chi connectivity index (χ1n) is 5.33. The van der Waals surface area contributed by atoms with E-state index in [9.17, 15) is 0 Å². The molecule has 4 heteroatoms. The molecule has 2 rings (SSSR count). The van der Waals surface area contributed by atoms with Crippen LogP contribution in [0.15, 0.2) is 36.4 Å². The van der Waals surface area contributed by atoms with Crippen molar-refractivity contribution in [1.82, 2.24) is 0 Å². The van der Waals surface area contributed by atoms with Crippen LogP contribution in [-0.2, 0) is 6.42 Å². The van der Waals surface area contributed by atoms with E-state index >= 15 is 0 Å². The van der Waals surface area contributed by atoms with E-state index in [1.807, 2.05) is 30.3 Å². The van der Waals surface area contributed by atoms with Crippen molar-refractivity contribution in [2.45, 2.75) is 12.5 Å². The predicted molar refractivity (Wildman–Crippen MR) is 73.0 cm³/mol. The van der Waals surface area contributed by atoms with E-state index in [1.165, 1.54) is 16.9 Å². The summed E-state index contributed by atoms with van der Waals surface area (Å²) in [5.74, 6) is 0.860. The first-order chi connectivity index (χ1) is 8.19. The van der Waals surface area contributed by atoms with Crippen molar-refractivity contribution in [3.05, 3.63) is 51.2 Å². The number of methoxy groups -OCH3 is 1. The van der Waals surface area contributed by atoms with Gasteiger partial charge in [0.25, 0.3) is 0 Å². The second-order valence-electron chi connectivity index (χ2n) is 3.80. The molecular formula is C13H14ClNOS. The van der Waals surface area contributed by atoms with Crippen molar-refractivity contribution in [1.29, 1.82) is 0 Å². The van der Waals surface area contributed by atoms with Crippen LogP contribution < -0.4 is 10.5 Å². The Kier molecular flexibility index (Phi) is 4.05. The molecule has 1 aromatic carbocycles. The molecule has 2 nitrogen and oxygen atoms in total. The summed E-state index contributed by atoms with van der Waals surface area (Å²) in [5, 5.41) is 0. The summed E-state index contributed by atoms with van der Waals surface area (Å²) in [7, 11) is 1.66. The van der Waals surface area contributed by atoms with Gasteiger partial charge in [0.15, 0.2) is 0 Å². The van der Waals surface area contributed by atoms with Crippen LogP contribution in [0, 0.1) is 0 Å². The first-order valence-corrected chi connectivity index (χ1v) is 6.52. The van der Waals surface area contributed by atoms with Gasteiger partial charge in [-0.25, -0.2) is 0 Å². The maximum Gasteiger partial charge on any atom is 0.119 e. The highest BCUT2D eigenvalue weighted by Crippen LogP contribution is 2.28. The molecule has 2 aromatic rings. The smallest absolute Gasteiger partial charge is 0.119 e. The van der Waals surface area contributed by atoms with Crippen LogP contribution in [0.4, 0.5) is 0 Å². The zero-order chi connectivity index (χ0) is 12.3. The SMILES string of the molecule is COc1cccc(CC(N)c2ccc(Cl)s2)c1. The van der Waals surface area contributed by atoms with Gasteiger partial charge in [0.1, 0.15) is 5.75 Å². The maximum absolute atomic E-state index is 6.14. The summed E-state index contributed by atoms with van der Waals surface area (Å²) >= 11 is 7.43. The Balaban J connectivity index is 2.09. The predicted octanol–water partition coefficient (Wildman–Crippen LogP) is 3.65. The summed E-state index contributed by atoms with van der Waals surface area (Å²) in [6.07, 6.45) is 0.786. The fourth-order valence-corrected chi connectivity index (χ4v) is 2.74. The number of nitrogens with two attached hydrogens (primary N) is 1. The average Bonchev–Trinajstić information content (AvgIpc) is 2.76. The topological polar surface area (TPSA) is 35.2 Å². The molecule has 0 radical (unpaired) electrons. The third-order valence-electron chi connectivity index (χ3n) is 2.55. The van der Waals surface area contributed by atoms with E-state index < -0.39 is 0 Å². The third kappa shape index (κ3) is 3.22. The summed E-state index contributed by atoms with van der Waals surface area (Å²) in [5.41, 5.74) is 7.31. The minimum Gasteiger partial charge on any atom is -0.497 e. The number of rotatable bonds is 4. The molecule has 1 aromatic heterocycles. The van der Waals surface area contributed by atoms with Crippen LogP contribution in [0.25, 0.3) is 0 Å². The zero-order valence-corrected chi connectivity index (χ0v) is 11.1. The van der Waals surface area contributed by atoms with E-state index in [-0.39, 0.29) is 6.04 Å². The number of hydrogen-bond donors (Lipinski definition) is 1. The van der Waals surface area contributed by atoms with Crippen LogP contribution >= 0.6 is 22.9 Å². The molecule has 1 heterocycles. The second-order valence-corrected chi connectivity index (χ2v) is 5.55. The van der Waals surface area contributed by atoms with Crippen molar-refractivity contribution >= 4 is 22.9 Å². The quantitative estimate of drug-likeness (QED) is 0.918. The van der Waals surface area contributed by atoms with Gasteiger partial charge in [-0.15, -0.1) is 11.3 Å². The third-order valence-corrected chi connectivity index (χ3v) is 3.91. The zero-order valence-electron chi connectivity index (χ0n) is 9.52. The summed E-state index contributed by atoms with van der Waals surface area (Å²) < 4.78 is 5.97. The summed E-state index contributed by atoms with van der Waals surface area (Å²) in [4.78, 5) is 1.11. The molecule has 0 aliphatic carbocycles. The van der Waals surface area contributed by atoms with E-state index in [2.05, 4.69) is 6.07 Å². The molecule has 90 valence electrons. The van der Waals surface area contributed by atoms with Crippen LogP contribution in [0.3, 0.4) is 0 Å². The minimum atomic E-state index is -0.0143. The Labute approximate surface area is 110 Å². The van der Waals surface area contributed by atoms with Crippen molar-refractivity contribution < 1.29 is 4.74 Å². The van der Waals surface area contributed by atoms with E-state index in [1.54, 1.807) is 7.11 Å². The molecule has 0 spiro atoms. The Morgan fingerprint density at radius 3 is 2.82 bits per heavy atom. The van der Waals surface area contributed by atoms with Crippen molar-refractivity contribution in [2.24, 2.45) is 5.73 Å². The molecule has 0 amide bonds. The second kappa shape index (κ2) is 5.54. The molecule has 0 bridgehead atoms. The Bertz CT molecular complexity index is 498. The van der Waals surface area contributed by atoms with Crippen molar-refractivity contribution in [3.8, 4) is 5.75 Å². The van der Waals surface area contributed by atoms with Gasteiger partial charge in [-0.05, 0) is 36.2 Å². The van der Waals surface area contributed by atoms with Crippen LogP contribution in [0.2, 0.25) is 4.34 Å². The fourth-order valence-electron chi connectivity index (χ4n) is 1.68. The Morgan fingerprint density at radius 2 is 2.18 bits per heavy atom. The monoisotopic (exact) mass is 267 g/mol. The Hall–Kier alpha value is -1.03. The van der Waals surface area contributed by atoms with Gasteiger partial charge in [-0.2, -0.15) is 0 Å². The van der Waals surface area contributed by atoms with Crippen molar-refractivity contribution in [3.63, 3.8) is 0 Å². The van der Waals surface area contributed by atoms with E-state index in [0.717, 1.165) is 21.4 Å². The average molecular weight is 268 g/mol. The molecule has 0 aliphatic rings. The molecule has 0 saturated carbocycles. The van der Waals surface area contributed by atoms with Crippen LogP contribution in [-0.4, -0.2) is 7.11 Å². The van der Waals surface area contributed by atoms with Crippen molar-refractivity contribution in [2.75, 3.05) is 7.11 Å². The van der Waals surface area contributed by atoms with Gasteiger partial charge >= 0.3 is 0 Å². The molecule has 2 N–H and O–H groups in total. The lowest BCUT2D eigenvalue weighted by atomic mass is 10.1. The highest BCUT2D eigenvalue weighted by Gasteiger charge is 2.10. The number of benzene rings is 1. The van der Waals surface area contributed by atoms with Gasteiger partial charge in [-0.1, -0.05) is 23.7 Å². The van der Waals surface area contributed by atoms with E-state index in [4.69, 9.17) is 22.1 Å². The fraction of sp³-hybridized carbons (Fsp3) is 0.231. The molecule has 1 atom stereocenters. The minimum absolute atomic E-state index is 0.0143. The number of hydrogen-bond acceptors (Lipinski definition) is 3. The van der Waals surface area contributed by atoms with Gasteiger partial charge in [0.2, 0.25) is 0 Å². The first kappa shape index (κ1) is 12.4. The molecule has 0 fully saturated rings. The normalized spacial score (nSPS) is 12.4. The summed E-state index contributed by atoms with van der Waals surface area (Å²) in [6.45, 7) is 0. The maximum atomic E-state index is 6.14. The van der Waals surface area contributed by atoms with Crippen LogP contribution in [0.1, 0.15) is 16.5 Å². The number of thiophene rings is 1. The summed E-state index contributed by atoms with van der Waals surface area (Å²) in [6, 6.07) is 11.8. The molecule has 1 unspecified atom stereocenters. The standard InChI is InChI=1S/C13H14ClNOS/c1-16-10-4-2-3-9(7-10)8-11(15)12-5-6-13(14)17-12/h2-7,11H,8,15H2,1H3. The highest BCUT2D eigenvalue weighted by atomic mass is 35.5. The molecule has 17 heavy (non-hydrogen) atoms. The molecule has 0 saturated heterocycles. The van der Waals surface area contributed by atoms with Gasteiger partial charge in [-0.3, -0.25) is 0 Å².